The number of aryl methyl sites for hydroxylation is 2. The fraction of sp³-hybridized carbons (Fsp3) is 0.500. The highest BCUT2D eigenvalue weighted by atomic mass is 16.4. The van der Waals surface area contributed by atoms with Crippen LogP contribution in [-0.4, -0.2) is 34.1 Å². The van der Waals surface area contributed by atoms with Crippen LogP contribution in [0.3, 0.4) is 0 Å². The molecule has 1 aromatic heterocycles. The minimum Gasteiger partial charge on any atom is -0.478 e. The molecule has 0 spiro atoms. The zero-order valence-electron chi connectivity index (χ0n) is 12.4. The normalized spacial score (nSPS) is 12.1. The van der Waals surface area contributed by atoms with E-state index in [0.29, 0.717) is 11.3 Å². The van der Waals surface area contributed by atoms with Gasteiger partial charge in [0.2, 0.25) is 5.91 Å². The summed E-state index contributed by atoms with van der Waals surface area (Å²) in [7, 11) is 0. The third kappa shape index (κ3) is 3.94. The van der Waals surface area contributed by atoms with E-state index in [1.54, 1.807) is 26.8 Å². The number of carboxylic acid groups (broad SMARTS) is 1. The summed E-state index contributed by atoms with van der Waals surface area (Å²) >= 11 is 0. The van der Waals surface area contributed by atoms with E-state index in [1.165, 1.54) is 0 Å². The summed E-state index contributed by atoms with van der Waals surface area (Å²) in [4.78, 5) is 27.3. The first-order chi connectivity index (χ1) is 9.22. The van der Waals surface area contributed by atoms with Crippen LogP contribution < -0.4 is 10.6 Å². The van der Waals surface area contributed by atoms with Gasteiger partial charge in [-0.1, -0.05) is 0 Å². The van der Waals surface area contributed by atoms with Gasteiger partial charge in [0.25, 0.3) is 0 Å². The molecular formula is C14H21N3O3. The number of aromatic carboxylic acids is 1. The molecule has 6 heteroatoms. The molecule has 0 saturated carbocycles. The predicted molar refractivity (Wildman–Crippen MR) is 77.0 cm³/mol. The zero-order valence-corrected chi connectivity index (χ0v) is 12.4. The van der Waals surface area contributed by atoms with Crippen molar-refractivity contribution in [2.45, 2.75) is 46.7 Å². The molecule has 0 saturated heterocycles. The van der Waals surface area contributed by atoms with E-state index in [1.807, 2.05) is 13.8 Å². The van der Waals surface area contributed by atoms with Crippen LogP contribution >= 0.6 is 0 Å². The number of nitrogens with one attached hydrogen (secondary N) is 2. The SMILES string of the molecule is Cc1cc(C)c(C(=O)O)c(NC(C)C(=O)NC(C)C)n1. The standard InChI is InChI=1S/C14H21N3O3/c1-7(2)15-13(18)10(5)17-12-11(14(19)20)8(3)6-9(4)16-12/h6-7,10H,1-5H3,(H,15,18)(H,16,17)(H,19,20). The second kappa shape index (κ2) is 6.36. The van der Waals surface area contributed by atoms with Crippen LogP contribution in [0.25, 0.3) is 0 Å². The van der Waals surface area contributed by atoms with Crippen molar-refractivity contribution >= 4 is 17.7 Å². The molecule has 0 aliphatic carbocycles. The third-order valence-electron chi connectivity index (χ3n) is 2.74. The molecule has 110 valence electrons. The Labute approximate surface area is 118 Å². The van der Waals surface area contributed by atoms with Gasteiger partial charge in [-0.15, -0.1) is 0 Å². The van der Waals surface area contributed by atoms with Crippen LogP contribution in [0.4, 0.5) is 5.82 Å². The van der Waals surface area contributed by atoms with Gasteiger partial charge in [0.05, 0.1) is 0 Å². The summed E-state index contributed by atoms with van der Waals surface area (Å²) in [5.74, 6) is -1.03. The monoisotopic (exact) mass is 279 g/mol. The summed E-state index contributed by atoms with van der Waals surface area (Å²) in [5.41, 5.74) is 1.41. The number of pyridine rings is 1. The van der Waals surface area contributed by atoms with Crippen molar-refractivity contribution in [3.8, 4) is 0 Å². The van der Waals surface area contributed by atoms with Crippen molar-refractivity contribution in [1.29, 1.82) is 0 Å². The molecule has 20 heavy (non-hydrogen) atoms. The Kier molecular flexibility index (Phi) is 5.07. The zero-order chi connectivity index (χ0) is 15.4. The molecule has 1 unspecified atom stereocenters. The number of nitrogens with zero attached hydrogens (tertiary/aromatic N) is 1. The molecule has 0 aliphatic rings. The predicted octanol–water partition coefficient (Wildman–Crippen LogP) is 1.72. The number of aromatic nitrogens is 1. The average molecular weight is 279 g/mol. The number of amides is 1. The van der Waals surface area contributed by atoms with E-state index in [2.05, 4.69) is 15.6 Å². The van der Waals surface area contributed by atoms with Gasteiger partial charge in [-0.05, 0) is 46.2 Å². The van der Waals surface area contributed by atoms with Gasteiger partial charge in [-0.3, -0.25) is 4.79 Å². The topological polar surface area (TPSA) is 91.3 Å². The maximum Gasteiger partial charge on any atom is 0.339 e. The highest BCUT2D eigenvalue weighted by Crippen LogP contribution is 2.19. The van der Waals surface area contributed by atoms with Crippen molar-refractivity contribution in [1.82, 2.24) is 10.3 Å². The first-order valence-electron chi connectivity index (χ1n) is 6.50. The van der Waals surface area contributed by atoms with Gasteiger partial charge in [-0.25, -0.2) is 9.78 Å². The summed E-state index contributed by atoms with van der Waals surface area (Å²) in [6.07, 6.45) is 0. The van der Waals surface area contributed by atoms with Crippen LogP contribution in [0.2, 0.25) is 0 Å². The number of hydrogen-bond donors (Lipinski definition) is 3. The van der Waals surface area contributed by atoms with Crippen LogP contribution in [0.1, 0.15) is 42.4 Å². The van der Waals surface area contributed by atoms with E-state index in [0.717, 1.165) is 0 Å². The lowest BCUT2D eigenvalue weighted by atomic mass is 10.1. The van der Waals surface area contributed by atoms with Gasteiger partial charge in [0, 0.05) is 11.7 Å². The first-order valence-corrected chi connectivity index (χ1v) is 6.50. The molecule has 1 atom stereocenters. The number of rotatable bonds is 5. The summed E-state index contributed by atoms with van der Waals surface area (Å²) in [6, 6.07) is 1.16. The Bertz CT molecular complexity index is 527. The summed E-state index contributed by atoms with van der Waals surface area (Å²) in [5, 5.41) is 14.9. The Morgan fingerprint density at radius 1 is 1.25 bits per heavy atom. The Balaban J connectivity index is 3.02. The molecule has 1 amide bonds. The smallest absolute Gasteiger partial charge is 0.339 e. The molecule has 3 N–H and O–H groups in total. The second-order valence-electron chi connectivity index (χ2n) is 5.14. The van der Waals surface area contributed by atoms with E-state index >= 15 is 0 Å². The summed E-state index contributed by atoms with van der Waals surface area (Å²) < 4.78 is 0. The molecule has 1 aromatic rings. The summed E-state index contributed by atoms with van der Waals surface area (Å²) in [6.45, 7) is 8.89. The number of hydrogen-bond acceptors (Lipinski definition) is 4. The van der Waals surface area contributed by atoms with E-state index in [-0.39, 0.29) is 23.3 Å². The van der Waals surface area contributed by atoms with Crippen LogP contribution in [-0.2, 0) is 4.79 Å². The lowest BCUT2D eigenvalue weighted by Crippen LogP contribution is -2.41. The van der Waals surface area contributed by atoms with E-state index in [4.69, 9.17) is 0 Å². The van der Waals surface area contributed by atoms with Crippen molar-refractivity contribution in [2.24, 2.45) is 0 Å². The molecule has 6 nitrogen and oxygen atoms in total. The minimum absolute atomic E-state index is 0.0258. The number of carboxylic acids is 1. The number of carbonyl (C=O) groups is 2. The highest BCUT2D eigenvalue weighted by molar-refractivity contribution is 5.96. The van der Waals surface area contributed by atoms with Gasteiger partial charge in [-0.2, -0.15) is 0 Å². The maximum absolute atomic E-state index is 11.9. The van der Waals surface area contributed by atoms with Crippen LogP contribution in [0, 0.1) is 13.8 Å². The van der Waals surface area contributed by atoms with Gasteiger partial charge >= 0.3 is 5.97 Å². The first kappa shape index (κ1) is 15.9. The number of anilines is 1. The van der Waals surface area contributed by atoms with Crippen molar-refractivity contribution in [3.05, 3.63) is 22.9 Å². The van der Waals surface area contributed by atoms with Crippen molar-refractivity contribution in [2.75, 3.05) is 5.32 Å². The molecule has 1 rings (SSSR count). The van der Waals surface area contributed by atoms with Crippen LogP contribution in [0.5, 0.6) is 0 Å². The molecule has 0 fully saturated rings. The number of carbonyl (C=O) groups excluding carboxylic acids is 1. The van der Waals surface area contributed by atoms with Gasteiger partial charge in [0.15, 0.2) is 0 Å². The van der Waals surface area contributed by atoms with Crippen molar-refractivity contribution < 1.29 is 14.7 Å². The maximum atomic E-state index is 11.9. The van der Waals surface area contributed by atoms with Crippen LogP contribution in [0.15, 0.2) is 6.07 Å². The lowest BCUT2D eigenvalue weighted by molar-refractivity contribution is -0.122. The minimum atomic E-state index is -1.06. The lowest BCUT2D eigenvalue weighted by Gasteiger charge is -2.18. The molecule has 0 aliphatic heterocycles. The molecule has 0 aromatic carbocycles. The second-order valence-corrected chi connectivity index (χ2v) is 5.14. The van der Waals surface area contributed by atoms with Crippen molar-refractivity contribution in [3.63, 3.8) is 0 Å². The third-order valence-corrected chi connectivity index (χ3v) is 2.74. The Hall–Kier alpha value is -2.11. The Morgan fingerprint density at radius 2 is 1.85 bits per heavy atom. The van der Waals surface area contributed by atoms with E-state index < -0.39 is 12.0 Å². The average Bonchev–Trinajstić information content (AvgIpc) is 2.25. The fourth-order valence-corrected chi connectivity index (χ4v) is 1.89. The fourth-order valence-electron chi connectivity index (χ4n) is 1.89. The van der Waals surface area contributed by atoms with Gasteiger partial charge in [0.1, 0.15) is 17.4 Å². The highest BCUT2D eigenvalue weighted by Gasteiger charge is 2.20. The Morgan fingerprint density at radius 3 is 2.35 bits per heavy atom. The molecule has 0 bridgehead atoms. The van der Waals surface area contributed by atoms with Gasteiger partial charge < -0.3 is 15.7 Å². The molecule has 1 heterocycles. The van der Waals surface area contributed by atoms with E-state index in [9.17, 15) is 14.7 Å². The largest absolute Gasteiger partial charge is 0.478 e. The molecular weight excluding hydrogens is 258 g/mol. The molecule has 0 radical (unpaired) electrons. The quantitative estimate of drug-likeness (QED) is 0.763.